The van der Waals surface area contributed by atoms with Crippen molar-refractivity contribution in [1.82, 2.24) is 10.2 Å². The van der Waals surface area contributed by atoms with E-state index in [1.165, 1.54) is 4.90 Å². The van der Waals surface area contributed by atoms with Gasteiger partial charge in [0.25, 0.3) is 5.91 Å². The molecule has 2 fully saturated rings. The van der Waals surface area contributed by atoms with E-state index in [1.807, 2.05) is 0 Å². The summed E-state index contributed by atoms with van der Waals surface area (Å²) in [6.45, 7) is 7.62. The number of nitrogens with one attached hydrogen (secondary N) is 1. The lowest BCUT2D eigenvalue weighted by Gasteiger charge is -2.22. The minimum absolute atomic E-state index is 0.114. The Balaban J connectivity index is 2.04. The number of rotatable bonds is 2. The Labute approximate surface area is 101 Å². The van der Waals surface area contributed by atoms with E-state index >= 15 is 0 Å². The molecule has 17 heavy (non-hydrogen) atoms. The van der Waals surface area contributed by atoms with Gasteiger partial charge in [0.1, 0.15) is 5.54 Å². The molecule has 0 aliphatic carbocycles. The van der Waals surface area contributed by atoms with E-state index in [2.05, 4.69) is 26.1 Å². The van der Waals surface area contributed by atoms with Crippen LogP contribution in [0.25, 0.3) is 0 Å². The van der Waals surface area contributed by atoms with E-state index in [4.69, 9.17) is 4.74 Å². The quantitative estimate of drug-likeness (QED) is 0.736. The maximum absolute atomic E-state index is 12.2. The molecule has 0 bridgehead atoms. The van der Waals surface area contributed by atoms with Crippen LogP contribution < -0.4 is 5.32 Å². The SMILES string of the molecule is CC(C)(C)CCN1C(=O)N[C@@]2(CCOC2)C1=O. The first-order valence-electron chi connectivity index (χ1n) is 6.06. The topological polar surface area (TPSA) is 58.6 Å². The van der Waals surface area contributed by atoms with Crippen molar-refractivity contribution in [2.75, 3.05) is 19.8 Å². The monoisotopic (exact) mass is 240 g/mol. The third-order valence-corrected chi connectivity index (χ3v) is 3.35. The zero-order valence-electron chi connectivity index (χ0n) is 10.7. The molecule has 0 aromatic heterocycles. The number of hydrogen-bond acceptors (Lipinski definition) is 3. The Kier molecular flexibility index (Phi) is 2.89. The second-order valence-electron chi connectivity index (χ2n) is 6.08. The average molecular weight is 240 g/mol. The number of urea groups is 1. The fourth-order valence-electron chi connectivity index (χ4n) is 2.16. The molecule has 0 unspecified atom stereocenters. The van der Waals surface area contributed by atoms with Crippen LogP contribution >= 0.6 is 0 Å². The highest BCUT2D eigenvalue weighted by molar-refractivity contribution is 6.07. The van der Waals surface area contributed by atoms with Crippen molar-refractivity contribution in [1.29, 1.82) is 0 Å². The summed E-state index contributed by atoms with van der Waals surface area (Å²) in [7, 11) is 0. The lowest BCUT2D eigenvalue weighted by atomic mass is 9.92. The number of carbonyl (C=O) groups excluding carboxylic acids is 2. The van der Waals surface area contributed by atoms with Crippen LogP contribution in [-0.2, 0) is 9.53 Å². The first kappa shape index (κ1) is 12.4. The minimum atomic E-state index is -0.769. The number of hydrogen-bond donors (Lipinski definition) is 1. The van der Waals surface area contributed by atoms with Crippen LogP contribution in [0.5, 0.6) is 0 Å². The first-order valence-corrected chi connectivity index (χ1v) is 6.06. The van der Waals surface area contributed by atoms with Crippen LogP contribution in [-0.4, -0.2) is 42.1 Å². The van der Waals surface area contributed by atoms with Crippen LogP contribution in [0.2, 0.25) is 0 Å². The van der Waals surface area contributed by atoms with Crippen molar-refractivity contribution >= 4 is 11.9 Å². The van der Waals surface area contributed by atoms with E-state index in [9.17, 15) is 9.59 Å². The summed E-state index contributed by atoms with van der Waals surface area (Å²) in [5.74, 6) is -0.121. The number of carbonyl (C=O) groups is 2. The molecule has 2 aliphatic rings. The van der Waals surface area contributed by atoms with Crippen molar-refractivity contribution in [3.63, 3.8) is 0 Å². The van der Waals surface area contributed by atoms with Gasteiger partial charge in [0.2, 0.25) is 0 Å². The first-order chi connectivity index (χ1) is 7.84. The van der Waals surface area contributed by atoms with Crippen LogP contribution in [0.4, 0.5) is 4.79 Å². The molecule has 3 amide bonds. The van der Waals surface area contributed by atoms with Crippen molar-refractivity contribution < 1.29 is 14.3 Å². The summed E-state index contributed by atoms with van der Waals surface area (Å²) in [5, 5.41) is 2.78. The van der Waals surface area contributed by atoms with E-state index < -0.39 is 5.54 Å². The van der Waals surface area contributed by atoms with Gasteiger partial charge in [0, 0.05) is 19.6 Å². The third-order valence-electron chi connectivity index (χ3n) is 3.35. The fourth-order valence-corrected chi connectivity index (χ4v) is 2.16. The van der Waals surface area contributed by atoms with Crippen molar-refractivity contribution in [3.05, 3.63) is 0 Å². The number of amides is 3. The molecule has 5 nitrogen and oxygen atoms in total. The van der Waals surface area contributed by atoms with Gasteiger partial charge in [0.05, 0.1) is 6.61 Å². The zero-order valence-corrected chi connectivity index (χ0v) is 10.7. The molecule has 1 atom stereocenters. The second kappa shape index (κ2) is 3.98. The van der Waals surface area contributed by atoms with Crippen molar-refractivity contribution in [2.24, 2.45) is 5.41 Å². The van der Waals surface area contributed by atoms with Gasteiger partial charge >= 0.3 is 6.03 Å². The molecule has 2 rings (SSSR count). The van der Waals surface area contributed by atoms with Gasteiger partial charge in [0.15, 0.2) is 0 Å². The van der Waals surface area contributed by atoms with E-state index in [0.717, 1.165) is 6.42 Å². The van der Waals surface area contributed by atoms with Crippen molar-refractivity contribution in [3.8, 4) is 0 Å². The molecule has 2 aliphatic heterocycles. The van der Waals surface area contributed by atoms with Crippen LogP contribution in [0.15, 0.2) is 0 Å². The fraction of sp³-hybridized carbons (Fsp3) is 0.833. The molecule has 1 spiro atoms. The average Bonchev–Trinajstić information content (AvgIpc) is 2.73. The Hall–Kier alpha value is -1.10. The molecule has 0 saturated carbocycles. The van der Waals surface area contributed by atoms with Gasteiger partial charge in [-0.15, -0.1) is 0 Å². The minimum Gasteiger partial charge on any atom is -0.378 e. The maximum Gasteiger partial charge on any atom is 0.325 e. The smallest absolute Gasteiger partial charge is 0.325 e. The summed E-state index contributed by atoms with van der Waals surface area (Å²) in [6.07, 6.45) is 1.40. The highest BCUT2D eigenvalue weighted by Crippen LogP contribution is 2.28. The zero-order chi connectivity index (χ0) is 12.7. The van der Waals surface area contributed by atoms with Gasteiger partial charge in [-0.25, -0.2) is 4.79 Å². The summed E-state index contributed by atoms with van der Waals surface area (Å²) < 4.78 is 5.23. The standard InChI is InChI=1S/C12H20N2O3/c1-11(2,3)4-6-14-9(15)12(13-10(14)16)5-7-17-8-12/h4-8H2,1-3H3,(H,13,16)/t12-/m1/s1. The lowest BCUT2D eigenvalue weighted by Crippen LogP contribution is -2.47. The molecule has 0 aromatic rings. The van der Waals surface area contributed by atoms with Gasteiger partial charge in [-0.1, -0.05) is 20.8 Å². The summed E-state index contributed by atoms with van der Waals surface area (Å²) in [4.78, 5) is 25.4. The number of nitrogens with zero attached hydrogens (tertiary/aromatic N) is 1. The normalized spacial score (nSPS) is 29.2. The predicted molar refractivity (Wildman–Crippen MR) is 62.5 cm³/mol. The maximum atomic E-state index is 12.2. The van der Waals surface area contributed by atoms with Gasteiger partial charge < -0.3 is 10.1 Å². The summed E-state index contributed by atoms with van der Waals surface area (Å²) in [6, 6.07) is -0.273. The molecule has 5 heteroatoms. The molecule has 2 heterocycles. The van der Waals surface area contributed by atoms with Crippen LogP contribution in [0, 0.1) is 5.41 Å². The van der Waals surface area contributed by atoms with Gasteiger partial charge in [-0.05, 0) is 11.8 Å². The Morgan fingerprint density at radius 1 is 1.41 bits per heavy atom. The molecule has 0 aromatic carbocycles. The summed E-state index contributed by atoms with van der Waals surface area (Å²) in [5.41, 5.74) is -0.655. The Bertz CT molecular complexity index is 340. The lowest BCUT2D eigenvalue weighted by molar-refractivity contribution is -0.131. The Morgan fingerprint density at radius 2 is 2.12 bits per heavy atom. The molecule has 0 radical (unpaired) electrons. The second-order valence-corrected chi connectivity index (χ2v) is 6.08. The van der Waals surface area contributed by atoms with E-state index in [-0.39, 0.29) is 17.4 Å². The third kappa shape index (κ3) is 2.29. The van der Waals surface area contributed by atoms with Crippen molar-refractivity contribution in [2.45, 2.75) is 39.2 Å². The summed E-state index contributed by atoms with van der Waals surface area (Å²) >= 11 is 0. The molecule has 2 saturated heterocycles. The number of ether oxygens (including phenoxy) is 1. The van der Waals surface area contributed by atoms with Crippen LogP contribution in [0.1, 0.15) is 33.6 Å². The highest BCUT2D eigenvalue weighted by atomic mass is 16.5. The number of imide groups is 1. The molecular formula is C12H20N2O3. The van der Waals surface area contributed by atoms with E-state index in [1.54, 1.807) is 0 Å². The largest absolute Gasteiger partial charge is 0.378 e. The van der Waals surface area contributed by atoms with Crippen LogP contribution in [0.3, 0.4) is 0 Å². The highest BCUT2D eigenvalue weighted by Gasteiger charge is 2.53. The predicted octanol–water partition coefficient (Wildman–Crippen LogP) is 1.13. The van der Waals surface area contributed by atoms with Gasteiger partial charge in [-0.2, -0.15) is 0 Å². The molecule has 96 valence electrons. The Morgan fingerprint density at radius 3 is 2.65 bits per heavy atom. The molecule has 1 N–H and O–H groups in total. The van der Waals surface area contributed by atoms with Gasteiger partial charge in [-0.3, -0.25) is 9.69 Å². The van der Waals surface area contributed by atoms with E-state index in [0.29, 0.717) is 26.2 Å². The molecular weight excluding hydrogens is 220 g/mol.